The van der Waals surface area contributed by atoms with Crippen molar-refractivity contribution in [2.45, 2.75) is 19.3 Å². The van der Waals surface area contributed by atoms with Crippen LogP contribution in [-0.4, -0.2) is 9.13 Å². The SMILES string of the molecule is Cn1cc(C(C)(C)c2cn(C)c3ccc(Br)cc23)c2cc(Br)ccc21. The summed E-state index contributed by atoms with van der Waals surface area (Å²) in [6.45, 7) is 4.64. The van der Waals surface area contributed by atoms with E-state index in [1.54, 1.807) is 0 Å². The lowest BCUT2D eigenvalue weighted by Crippen LogP contribution is -2.18. The Balaban J connectivity index is 2.03. The van der Waals surface area contributed by atoms with Crippen molar-refractivity contribution in [2.75, 3.05) is 0 Å². The fraction of sp³-hybridized carbons (Fsp3) is 0.238. The first-order chi connectivity index (χ1) is 11.8. The molecular formula is C21H20Br2N2. The highest BCUT2D eigenvalue weighted by molar-refractivity contribution is 9.10. The van der Waals surface area contributed by atoms with E-state index >= 15 is 0 Å². The Hall–Kier alpha value is -1.52. The van der Waals surface area contributed by atoms with Crippen molar-refractivity contribution in [3.8, 4) is 0 Å². The number of hydrogen-bond acceptors (Lipinski definition) is 0. The molecule has 2 nitrogen and oxygen atoms in total. The maximum Gasteiger partial charge on any atom is 0.0481 e. The van der Waals surface area contributed by atoms with E-state index in [-0.39, 0.29) is 5.41 Å². The fourth-order valence-corrected chi connectivity index (χ4v) is 4.59. The van der Waals surface area contributed by atoms with Gasteiger partial charge in [0, 0.05) is 62.7 Å². The normalized spacial score (nSPS) is 12.4. The van der Waals surface area contributed by atoms with Gasteiger partial charge in [-0.2, -0.15) is 0 Å². The number of aromatic nitrogens is 2. The topological polar surface area (TPSA) is 9.86 Å². The molecule has 0 aliphatic carbocycles. The van der Waals surface area contributed by atoms with Gasteiger partial charge in [-0.25, -0.2) is 0 Å². The zero-order valence-corrected chi connectivity index (χ0v) is 17.9. The Labute approximate surface area is 164 Å². The minimum atomic E-state index is -0.111. The van der Waals surface area contributed by atoms with Gasteiger partial charge in [0.2, 0.25) is 0 Å². The van der Waals surface area contributed by atoms with Crippen LogP contribution in [0.1, 0.15) is 25.0 Å². The van der Waals surface area contributed by atoms with Crippen LogP contribution in [0, 0.1) is 0 Å². The summed E-state index contributed by atoms with van der Waals surface area (Å²) in [4.78, 5) is 0. The van der Waals surface area contributed by atoms with Crippen LogP contribution in [0.25, 0.3) is 21.8 Å². The van der Waals surface area contributed by atoms with Crippen LogP contribution in [0.2, 0.25) is 0 Å². The first-order valence-electron chi connectivity index (χ1n) is 8.29. The number of nitrogens with zero attached hydrogens (tertiary/aromatic N) is 2. The lowest BCUT2D eigenvalue weighted by atomic mass is 9.78. The van der Waals surface area contributed by atoms with Crippen LogP contribution in [0.3, 0.4) is 0 Å². The zero-order valence-electron chi connectivity index (χ0n) is 14.8. The molecule has 0 aliphatic heterocycles. The van der Waals surface area contributed by atoms with E-state index in [0.29, 0.717) is 0 Å². The van der Waals surface area contributed by atoms with Crippen LogP contribution in [-0.2, 0) is 19.5 Å². The summed E-state index contributed by atoms with van der Waals surface area (Å²) in [7, 11) is 4.24. The standard InChI is InChI=1S/C21H20Br2N2/c1-21(2,17-11-24(3)19-7-5-13(22)9-15(17)19)18-12-25(4)20-8-6-14(23)10-16(18)20/h5-12H,1-4H3. The van der Waals surface area contributed by atoms with Crippen LogP contribution in [0.4, 0.5) is 0 Å². The van der Waals surface area contributed by atoms with E-state index in [9.17, 15) is 0 Å². The number of hydrogen-bond donors (Lipinski definition) is 0. The van der Waals surface area contributed by atoms with Gasteiger partial charge in [0.25, 0.3) is 0 Å². The Kier molecular flexibility index (Phi) is 3.89. The van der Waals surface area contributed by atoms with Crippen molar-refractivity contribution < 1.29 is 0 Å². The predicted octanol–water partition coefficient (Wildman–Crippen LogP) is 6.52. The van der Waals surface area contributed by atoms with Gasteiger partial charge in [0.1, 0.15) is 0 Å². The summed E-state index contributed by atoms with van der Waals surface area (Å²) < 4.78 is 6.67. The van der Waals surface area contributed by atoms with E-state index in [4.69, 9.17) is 0 Å². The van der Waals surface area contributed by atoms with Gasteiger partial charge in [-0.1, -0.05) is 45.7 Å². The Morgan fingerprint density at radius 1 is 0.720 bits per heavy atom. The maximum absolute atomic E-state index is 3.63. The number of rotatable bonds is 2. The highest BCUT2D eigenvalue weighted by Gasteiger charge is 2.30. The summed E-state index contributed by atoms with van der Waals surface area (Å²) in [5.74, 6) is 0. The minimum absolute atomic E-state index is 0.111. The van der Waals surface area contributed by atoms with Crippen LogP contribution < -0.4 is 0 Å². The highest BCUT2D eigenvalue weighted by atomic mass is 79.9. The summed E-state index contributed by atoms with van der Waals surface area (Å²) in [5.41, 5.74) is 5.10. The summed E-state index contributed by atoms with van der Waals surface area (Å²) in [6, 6.07) is 13.0. The molecule has 0 saturated heterocycles. The summed E-state index contributed by atoms with van der Waals surface area (Å²) in [5, 5.41) is 2.60. The first-order valence-corrected chi connectivity index (χ1v) is 9.88. The van der Waals surface area contributed by atoms with Crippen molar-refractivity contribution >= 4 is 53.7 Å². The third-order valence-corrected chi connectivity index (χ3v) is 6.24. The Morgan fingerprint density at radius 3 is 1.52 bits per heavy atom. The van der Waals surface area contributed by atoms with E-state index in [2.05, 4.69) is 118 Å². The van der Waals surface area contributed by atoms with Gasteiger partial charge in [-0.05, 0) is 47.5 Å². The molecule has 0 atom stereocenters. The van der Waals surface area contributed by atoms with Gasteiger partial charge < -0.3 is 9.13 Å². The molecule has 0 bridgehead atoms. The summed E-state index contributed by atoms with van der Waals surface area (Å²) >= 11 is 7.27. The molecule has 2 aromatic heterocycles. The second-order valence-corrected chi connectivity index (χ2v) is 9.09. The molecule has 4 rings (SSSR count). The van der Waals surface area contributed by atoms with Gasteiger partial charge in [0.05, 0.1) is 0 Å². The first kappa shape index (κ1) is 16.9. The number of benzene rings is 2. The van der Waals surface area contributed by atoms with Gasteiger partial charge >= 0.3 is 0 Å². The van der Waals surface area contributed by atoms with Crippen LogP contribution >= 0.6 is 31.9 Å². The number of fused-ring (bicyclic) bond motifs is 2. The molecule has 0 spiro atoms. The monoisotopic (exact) mass is 458 g/mol. The average Bonchev–Trinajstić information content (AvgIpc) is 3.05. The number of aryl methyl sites for hydroxylation is 2. The van der Waals surface area contributed by atoms with E-state index in [0.717, 1.165) is 8.95 Å². The van der Waals surface area contributed by atoms with E-state index in [1.165, 1.54) is 32.9 Å². The van der Waals surface area contributed by atoms with E-state index < -0.39 is 0 Å². The molecule has 25 heavy (non-hydrogen) atoms. The van der Waals surface area contributed by atoms with Gasteiger partial charge in [-0.15, -0.1) is 0 Å². The lowest BCUT2D eigenvalue weighted by Gasteiger charge is -2.24. The third-order valence-electron chi connectivity index (χ3n) is 5.25. The molecule has 4 aromatic rings. The summed E-state index contributed by atoms with van der Waals surface area (Å²) in [6.07, 6.45) is 4.54. The molecule has 0 unspecified atom stereocenters. The molecule has 0 amide bonds. The van der Waals surface area contributed by atoms with Crippen molar-refractivity contribution in [1.82, 2.24) is 9.13 Å². The van der Waals surface area contributed by atoms with Gasteiger partial charge in [0.15, 0.2) is 0 Å². The molecule has 4 heteroatoms. The second-order valence-electron chi connectivity index (χ2n) is 7.26. The Morgan fingerprint density at radius 2 is 1.12 bits per heavy atom. The Bertz CT molecular complexity index is 1030. The second kappa shape index (κ2) is 5.75. The largest absolute Gasteiger partial charge is 0.350 e. The molecular weight excluding hydrogens is 440 g/mol. The molecule has 0 aliphatic rings. The lowest BCUT2D eigenvalue weighted by molar-refractivity contribution is 0.646. The van der Waals surface area contributed by atoms with Crippen molar-refractivity contribution in [3.05, 3.63) is 68.9 Å². The van der Waals surface area contributed by atoms with Crippen molar-refractivity contribution in [1.29, 1.82) is 0 Å². The smallest absolute Gasteiger partial charge is 0.0481 e. The fourth-order valence-electron chi connectivity index (χ4n) is 3.87. The highest BCUT2D eigenvalue weighted by Crippen LogP contribution is 2.41. The van der Waals surface area contributed by atoms with Crippen LogP contribution in [0.15, 0.2) is 57.7 Å². The third kappa shape index (κ3) is 2.58. The predicted molar refractivity (Wildman–Crippen MR) is 113 cm³/mol. The van der Waals surface area contributed by atoms with Crippen molar-refractivity contribution in [3.63, 3.8) is 0 Å². The minimum Gasteiger partial charge on any atom is -0.350 e. The molecule has 0 radical (unpaired) electrons. The molecule has 2 heterocycles. The molecule has 0 fully saturated rings. The number of halogens is 2. The zero-order chi connectivity index (χ0) is 17.9. The molecule has 0 N–H and O–H groups in total. The van der Waals surface area contributed by atoms with Crippen LogP contribution in [0.5, 0.6) is 0 Å². The molecule has 2 aromatic carbocycles. The maximum atomic E-state index is 3.63. The average molecular weight is 460 g/mol. The molecule has 128 valence electrons. The van der Waals surface area contributed by atoms with E-state index in [1.807, 2.05) is 0 Å². The molecule has 0 saturated carbocycles. The van der Waals surface area contributed by atoms with Gasteiger partial charge in [-0.3, -0.25) is 0 Å². The quantitative estimate of drug-likeness (QED) is 0.323. The van der Waals surface area contributed by atoms with Crippen molar-refractivity contribution in [2.24, 2.45) is 14.1 Å².